The van der Waals surface area contributed by atoms with Crippen molar-refractivity contribution in [3.05, 3.63) is 71.8 Å². The van der Waals surface area contributed by atoms with E-state index in [2.05, 4.69) is 15.9 Å². The number of carbonyl (C=O) groups is 1. The summed E-state index contributed by atoms with van der Waals surface area (Å²) in [5.41, 5.74) is 2.20. The summed E-state index contributed by atoms with van der Waals surface area (Å²) in [7, 11) is 1.40. The van der Waals surface area contributed by atoms with Crippen LogP contribution in [0.25, 0.3) is 0 Å². The minimum absolute atomic E-state index is 0.174. The number of hydrogen-bond donors (Lipinski definition) is 0. The molecule has 0 saturated carbocycles. The highest BCUT2D eigenvalue weighted by molar-refractivity contribution is 9.09. The summed E-state index contributed by atoms with van der Waals surface area (Å²) in [6, 6.07) is 19.8. The molecule has 27 heavy (non-hydrogen) atoms. The van der Waals surface area contributed by atoms with Crippen LogP contribution in [0, 0.1) is 0 Å². The fraction of sp³-hybridized carbons (Fsp3) is 0.381. The Morgan fingerprint density at radius 3 is 2.30 bits per heavy atom. The fourth-order valence-corrected chi connectivity index (χ4v) is 3.70. The molecular weight excluding hydrogens is 410 g/mol. The molecule has 1 saturated heterocycles. The first kappa shape index (κ1) is 20.0. The lowest BCUT2D eigenvalue weighted by atomic mass is 10.0. The van der Waals surface area contributed by atoms with E-state index in [4.69, 9.17) is 14.3 Å². The van der Waals surface area contributed by atoms with Gasteiger partial charge in [0.2, 0.25) is 0 Å². The monoisotopic (exact) mass is 433 g/mol. The maximum atomic E-state index is 12.0. The molecule has 0 amide bonds. The third-order valence-corrected chi connectivity index (χ3v) is 5.25. The SMILES string of the molecule is COC(=O)C[C@H]1[C@@H](OCc2ccccc2)[C@H](CBr)ON1Cc1ccccc1. The van der Waals surface area contributed by atoms with Crippen LogP contribution in [0.15, 0.2) is 60.7 Å². The number of hydroxylamine groups is 2. The quantitative estimate of drug-likeness (QED) is 0.468. The number of hydrogen-bond acceptors (Lipinski definition) is 5. The normalized spacial score (nSPS) is 22.7. The van der Waals surface area contributed by atoms with E-state index >= 15 is 0 Å². The topological polar surface area (TPSA) is 48.0 Å². The lowest BCUT2D eigenvalue weighted by Gasteiger charge is -2.25. The van der Waals surface area contributed by atoms with Gasteiger partial charge in [0.1, 0.15) is 12.2 Å². The number of benzene rings is 2. The van der Waals surface area contributed by atoms with Crippen LogP contribution in [0.5, 0.6) is 0 Å². The van der Waals surface area contributed by atoms with Crippen LogP contribution in [0.4, 0.5) is 0 Å². The van der Waals surface area contributed by atoms with E-state index in [0.29, 0.717) is 18.5 Å². The van der Waals surface area contributed by atoms with Gasteiger partial charge in [-0.3, -0.25) is 9.63 Å². The Balaban J connectivity index is 1.75. The molecule has 0 N–H and O–H groups in total. The molecular formula is C21H24BrNO4. The van der Waals surface area contributed by atoms with Gasteiger partial charge in [-0.15, -0.1) is 0 Å². The van der Waals surface area contributed by atoms with Crippen molar-refractivity contribution < 1.29 is 19.1 Å². The number of ether oxygens (including phenoxy) is 2. The molecule has 1 fully saturated rings. The average molecular weight is 434 g/mol. The lowest BCUT2D eigenvalue weighted by molar-refractivity contribution is -0.170. The first-order valence-electron chi connectivity index (χ1n) is 8.97. The van der Waals surface area contributed by atoms with Crippen LogP contribution in [-0.2, 0) is 32.3 Å². The molecule has 144 valence electrons. The van der Waals surface area contributed by atoms with E-state index in [1.165, 1.54) is 7.11 Å². The predicted molar refractivity (Wildman–Crippen MR) is 106 cm³/mol. The smallest absolute Gasteiger partial charge is 0.307 e. The van der Waals surface area contributed by atoms with E-state index in [0.717, 1.165) is 11.1 Å². The lowest BCUT2D eigenvalue weighted by Crippen LogP contribution is -2.39. The second-order valence-corrected chi connectivity index (χ2v) is 7.12. The van der Waals surface area contributed by atoms with Crippen LogP contribution >= 0.6 is 15.9 Å². The molecule has 1 aliphatic rings. The first-order valence-corrected chi connectivity index (χ1v) is 10.1. The van der Waals surface area contributed by atoms with Crippen LogP contribution in [-0.4, -0.2) is 41.7 Å². The van der Waals surface area contributed by atoms with Gasteiger partial charge >= 0.3 is 5.97 Å². The molecule has 0 spiro atoms. The van der Waals surface area contributed by atoms with Crippen molar-refractivity contribution in [2.45, 2.75) is 37.8 Å². The van der Waals surface area contributed by atoms with Gasteiger partial charge in [-0.2, -0.15) is 5.06 Å². The van der Waals surface area contributed by atoms with E-state index in [1.807, 2.05) is 65.7 Å². The van der Waals surface area contributed by atoms with Crippen LogP contribution in [0.2, 0.25) is 0 Å². The summed E-state index contributed by atoms with van der Waals surface area (Å²) in [5.74, 6) is -0.273. The molecule has 0 radical (unpaired) electrons. The second kappa shape index (κ2) is 9.99. The largest absolute Gasteiger partial charge is 0.469 e. The molecule has 6 heteroatoms. The standard InChI is InChI=1S/C21H24BrNO4/c1-25-20(24)12-18-21(26-15-17-10-6-3-7-11-17)19(13-22)27-23(18)14-16-8-4-2-5-9-16/h2-11,18-19,21H,12-15H2,1H3/t18-,19-,21+/m0/s1. The van der Waals surface area contributed by atoms with Gasteiger partial charge in [-0.1, -0.05) is 76.6 Å². The summed E-state index contributed by atoms with van der Waals surface area (Å²) in [4.78, 5) is 18.1. The number of alkyl halides is 1. The number of nitrogens with zero attached hydrogens (tertiary/aromatic N) is 1. The molecule has 0 bridgehead atoms. The van der Waals surface area contributed by atoms with Gasteiger partial charge in [0.15, 0.2) is 0 Å². The predicted octanol–water partition coefficient (Wildman–Crippen LogP) is 3.71. The van der Waals surface area contributed by atoms with Gasteiger partial charge in [0.25, 0.3) is 0 Å². The Kier molecular flexibility index (Phi) is 7.41. The van der Waals surface area contributed by atoms with Gasteiger partial charge in [-0.05, 0) is 11.1 Å². The number of carbonyl (C=O) groups excluding carboxylic acids is 1. The zero-order valence-corrected chi connectivity index (χ0v) is 16.9. The zero-order chi connectivity index (χ0) is 19.1. The highest BCUT2D eigenvalue weighted by Crippen LogP contribution is 2.30. The number of methoxy groups -OCH3 is 1. The molecule has 0 unspecified atom stereocenters. The van der Waals surface area contributed by atoms with E-state index in [-0.39, 0.29) is 30.6 Å². The van der Waals surface area contributed by atoms with Crippen LogP contribution in [0.1, 0.15) is 17.5 Å². The Morgan fingerprint density at radius 2 is 1.70 bits per heavy atom. The van der Waals surface area contributed by atoms with Gasteiger partial charge in [0, 0.05) is 11.9 Å². The molecule has 1 aliphatic heterocycles. The van der Waals surface area contributed by atoms with Gasteiger partial charge in [0.05, 0.1) is 26.2 Å². The maximum absolute atomic E-state index is 12.0. The van der Waals surface area contributed by atoms with Gasteiger partial charge < -0.3 is 9.47 Å². The van der Waals surface area contributed by atoms with E-state index < -0.39 is 0 Å². The first-order chi connectivity index (χ1) is 13.2. The van der Waals surface area contributed by atoms with Gasteiger partial charge in [-0.25, -0.2) is 0 Å². The zero-order valence-electron chi connectivity index (χ0n) is 15.3. The number of esters is 1. The fourth-order valence-electron chi connectivity index (χ4n) is 3.21. The minimum atomic E-state index is -0.273. The van der Waals surface area contributed by atoms with Crippen molar-refractivity contribution in [2.75, 3.05) is 12.4 Å². The maximum Gasteiger partial charge on any atom is 0.307 e. The van der Waals surface area contributed by atoms with Crippen molar-refractivity contribution in [3.63, 3.8) is 0 Å². The summed E-state index contributed by atoms with van der Waals surface area (Å²) >= 11 is 3.52. The van der Waals surface area contributed by atoms with Crippen LogP contribution in [0.3, 0.4) is 0 Å². The third-order valence-electron chi connectivity index (χ3n) is 4.61. The van der Waals surface area contributed by atoms with E-state index in [1.54, 1.807) is 0 Å². The molecule has 2 aromatic rings. The van der Waals surface area contributed by atoms with Crippen molar-refractivity contribution in [2.24, 2.45) is 0 Å². The molecule has 1 heterocycles. The molecule has 3 rings (SSSR count). The second-order valence-electron chi connectivity index (χ2n) is 6.47. The van der Waals surface area contributed by atoms with E-state index in [9.17, 15) is 4.79 Å². The average Bonchev–Trinajstić information content (AvgIpc) is 3.04. The Bertz CT molecular complexity index is 713. The molecule has 3 atom stereocenters. The summed E-state index contributed by atoms with van der Waals surface area (Å²) in [6.07, 6.45) is -0.203. The van der Waals surface area contributed by atoms with Crippen molar-refractivity contribution in [3.8, 4) is 0 Å². The highest BCUT2D eigenvalue weighted by atomic mass is 79.9. The molecule has 2 aromatic carbocycles. The van der Waals surface area contributed by atoms with Crippen molar-refractivity contribution in [1.82, 2.24) is 5.06 Å². The van der Waals surface area contributed by atoms with Crippen LogP contribution < -0.4 is 0 Å². The number of halogens is 1. The summed E-state index contributed by atoms with van der Waals surface area (Å²) in [5, 5.41) is 2.48. The molecule has 0 aliphatic carbocycles. The Labute approximate surface area is 168 Å². The molecule has 0 aromatic heterocycles. The summed E-state index contributed by atoms with van der Waals surface area (Å²) in [6.45, 7) is 1.05. The minimum Gasteiger partial charge on any atom is -0.469 e. The van der Waals surface area contributed by atoms with Crippen molar-refractivity contribution >= 4 is 21.9 Å². The number of rotatable bonds is 8. The Hall–Kier alpha value is -1.73. The van der Waals surface area contributed by atoms with Crippen molar-refractivity contribution in [1.29, 1.82) is 0 Å². The molecule has 5 nitrogen and oxygen atoms in total. The Morgan fingerprint density at radius 1 is 1.07 bits per heavy atom. The highest BCUT2D eigenvalue weighted by Gasteiger charge is 2.44. The summed E-state index contributed by atoms with van der Waals surface area (Å²) < 4.78 is 11.1. The third kappa shape index (κ3) is 5.39.